The number of rotatable bonds is 5. The molecule has 0 atom stereocenters. The summed E-state index contributed by atoms with van der Waals surface area (Å²) in [5.41, 5.74) is 3.57. The molecule has 0 saturated carbocycles. The number of benzene rings is 2. The molecule has 128 valence electrons. The van der Waals surface area contributed by atoms with Crippen LogP contribution in [0.3, 0.4) is 0 Å². The molecule has 0 N–H and O–H groups in total. The average Bonchev–Trinajstić information content (AvgIpc) is 3.08. The van der Waals surface area contributed by atoms with Gasteiger partial charge in [0.2, 0.25) is 4.80 Å². The maximum Gasteiger partial charge on any atom is 0.206 e. The van der Waals surface area contributed by atoms with Crippen molar-refractivity contribution in [1.29, 1.82) is 5.26 Å². The molecule has 0 saturated heterocycles. The van der Waals surface area contributed by atoms with Crippen LogP contribution in [0.5, 0.6) is 0 Å². The first-order valence-electron chi connectivity index (χ1n) is 7.83. The van der Waals surface area contributed by atoms with E-state index >= 15 is 0 Å². The van der Waals surface area contributed by atoms with Crippen molar-refractivity contribution >= 4 is 33.5 Å². The minimum absolute atomic E-state index is 0.534. The van der Waals surface area contributed by atoms with Crippen molar-refractivity contribution in [2.75, 3.05) is 6.54 Å². The zero-order valence-electron chi connectivity index (χ0n) is 13.8. The van der Waals surface area contributed by atoms with Gasteiger partial charge in [-0.15, -0.1) is 17.9 Å². The Kier molecular flexibility index (Phi) is 5.95. The summed E-state index contributed by atoms with van der Waals surface area (Å²) in [5.74, 6) is 0. The highest BCUT2D eigenvalue weighted by Gasteiger charge is 2.07. The van der Waals surface area contributed by atoms with Crippen LogP contribution in [0.2, 0.25) is 0 Å². The summed E-state index contributed by atoms with van der Waals surface area (Å²) in [7, 11) is 0. The van der Waals surface area contributed by atoms with Gasteiger partial charge < -0.3 is 0 Å². The van der Waals surface area contributed by atoms with Crippen LogP contribution in [0.25, 0.3) is 11.3 Å². The lowest BCUT2D eigenvalue weighted by molar-refractivity contribution is 0.840. The number of hydrogen-bond donors (Lipinski definition) is 0. The van der Waals surface area contributed by atoms with E-state index in [0.29, 0.717) is 12.1 Å². The Balaban J connectivity index is 2.03. The van der Waals surface area contributed by atoms with Crippen LogP contribution in [0.1, 0.15) is 11.1 Å². The van der Waals surface area contributed by atoms with E-state index in [-0.39, 0.29) is 0 Å². The molecule has 0 aliphatic heterocycles. The average molecular weight is 423 g/mol. The number of nitriles is 1. The largest absolute Gasteiger partial charge is 0.253 e. The SMILES string of the molecule is C=CCN=c1scc(-c2ccc(Br)cc2)n1N=Cc1ccc(C#N)cc1. The van der Waals surface area contributed by atoms with Gasteiger partial charge in [-0.25, -0.2) is 4.68 Å². The number of aromatic nitrogens is 1. The Hall–Kier alpha value is -2.75. The van der Waals surface area contributed by atoms with Gasteiger partial charge in [-0.2, -0.15) is 10.4 Å². The zero-order chi connectivity index (χ0) is 18.4. The molecule has 6 heteroatoms. The van der Waals surface area contributed by atoms with E-state index in [1.54, 1.807) is 24.4 Å². The molecule has 2 aromatic carbocycles. The van der Waals surface area contributed by atoms with Gasteiger partial charge in [0.05, 0.1) is 30.1 Å². The predicted octanol–water partition coefficient (Wildman–Crippen LogP) is 4.82. The molecule has 0 radical (unpaired) electrons. The van der Waals surface area contributed by atoms with Gasteiger partial charge in [0.15, 0.2) is 0 Å². The first-order valence-corrected chi connectivity index (χ1v) is 9.51. The molecule has 1 heterocycles. The Morgan fingerprint density at radius 3 is 2.54 bits per heavy atom. The fraction of sp³-hybridized carbons (Fsp3) is 0.0500. The molecule has 4 nitrogen and oxygen atoms in total. The third-order valence-electron chi connectivity index (χ3n) is 3.54. The van der Waals surface area contributed by atoms with Crippen LogP contribution in [-0.2, 0) is 0 Å². The van der Waals surface area contributed by atoms with Gasteiger partial charge in [-0.05, 0) is 29.8 Å². The van der Waals surface area contributed by atoms with Gasteiger partial charge in [-0.3, -0.25) is 4.99 Å². The third-order valence-corrected chi connectivity index (χ3v) is 4.93. The molecule has 3 rings (SSSR count). The standard InChI is InChI=1S/C20H15BrN4S/c1-2-11-23-20-25(24-13-16-5-3-15(12-22)4-6-16)19(14-26-20)17-7-9-18(21)10-8-17/h2-10,13-14H,1,11H2. The third kappa shape index (κ3) is 4.26. The van der Waals surface area contributed by atoms with Crippen LogP contribution in [0.4, 0.5) is 0 Å². The summed E-state index contributed by atoms with van der Waals surface area (Å²) in [6.45, 7) is 4.26. The van der Waals surface area contributed by atoms with Crippen molar-refractivity contribution in [2.24, 2.45) is 10.1 Å². The topological polar surface area (TPSA) is 53.4 Å². The van der Waals surface area contributed by atoms with Crippen molar-refractivity contribution < 1.29 is 0 Å². The summed E-state index contributed by atoms with van der Waals surface area (Å²) >= 11 is 5.00. The van der Waals surface area contributed by atoms with E-state index in [0.717, 1.165) is 26.1 Å². The van der Waals surface area contributed by atoms with Gasteiger partial charge in [0.1, 0.15) is 0 Å². The molecule has 1 aromatic heterocycles. The van der Waals surface area contributed by atoms with Gasteiger partial charge in [0, 0.05) is 15.4 Å². The number of hydrogen-bond acceptors (Lipinski definition) is 4. The lowest BCUT2D eigenvalue weighted by atomic mass is 10.2. The summed E-state index contributed by atoms with van der Waals surface area (Å²) in [4.78, 5) is 5.32. The first-order chi connectivity index (χ1) is 12.7. The summed E-state index contributed by atoms with van der Waals surface area (Å²) in [5, 5.41) is 15.6. The second-order valence-corrected chi connectivity index (χ2v) is 7.08. The second-order valence-electron chi connectivity index (χ2n) is 5.33. The molecular weight excluding hydrogens is 408 g/mol. The molecule has 0 unspecified atom stereocenters. The molecule has 0 aliphatic carbocycles. The molecule has 0 fully saturated rings. The minimum Gasteiger partial charge on any atom is -0.253 e. The van der Waals surface area contributed by atoms with E-state index < -0.39 is 0 Å². The lowest BCUT2D eigenvalue weighted by Crippen LogP contribution is -2.12. The van der Waals surface area contributed by atoms with Gasteiger partial charge in [-0.1, -0.05) is 46.3 Å². The van der Waals surface area contributed by atoms with Crippen molar-refractivity contribution in [3.8, 4) is 17.3 Å². The van der Waals surface area contributed by atoms with Gasteiger partial charge >= 0.3 is 0 Å². The van der Waals surface area contributed by atoms with Crippen molar-refractivity contribution in [2.45, 2.75) is 0 Å². The molecule has 0 amide bonds. The van der Waals surface area contributed by atoms with Gasteiger partial charge in [0.25, 0.3) is 0 Å². The number of nitrogens with zero attached hydrogens (tertiary/aromatic N) is 4. The Labute approximate surface area is 164 Å². The van der Waals surface area contributed by atoms with Crippen LogP contribution in [0.15, 0.2) is 81.1 Å². The lowest BCUT2D eigenvalue weighted by Gasteiger charge is -2.04. The summed E-state index contributed by atoms with van der Waals surface area (Å²) in [6, 6.07) is 17.5. The van der Waals surface area contributed by atoms with E-state index in [2.05, 4.69) is 38.7 Å². The van der Waals surface area contributed by atoms with E-state index in [1.807, 2.05) is 46.5 Å². The first kappa shape index (κ1) is 18.1. The fourth-order valence-corrected chi connectivity index (χ4v) is 3.36. The molecule has 0 bridgehead atoms. The highest BCUT2D eigenvalue weighted by molar-refractivity contribution is 9.10. The van der Waals surface area contributed by atoms with Crippen LogP contribution in [-0.4, -0.2) is 17.4 Å². The van der Waals surface area contributed by atoms with Crippen LogP contribution in [0, 0.1) is 11.3 Å². The maximum absolute atomic E-state index is 8.90. The fourth-order valence-electron chi connectivity index (χ4n) is 2.25. The van der Waals surface area contributed by atoms with Crippen LogP contribution >= 0.6 is 27.3 Å². The summed E-state index contributed by atoms with van der Waals surface area (Å²) < 4.78 is 2.86. The monoisotopic (exact) mass is 422 g/mol. The van der Waals surface area contributed by atoms with E-state index in [4.69, 9.17) is 5.26 Å². The molecule has 3 aromatic rings. The van der Waals surface area contributed by atoms with Crippen LogP contribution < -0.4 is 4.80 Å². The highest BCUT2D eigenvalue weighted by atomic mass is 79.9. The molecule has 0 aliphatic rings. The molecule has 26 heavy (non-hydrogen) atoms. The Morgan fingerprint density at radius 1 is 1.15 bits per heavy atom. The van der Waals surface area contributed by atoms with Crippen molar-refractivity contribution in [1.82, 2.24) is 4.68 Å². The zero-order valence-corrected chi connectivity index (χ0v) is 16.2. The maximum atomic E-state index is 8.90. The van der Waals surface area contributed by atoms with E-state index in [1.165, 1.54) is 11.3 Å². The number of halogens is 1. The number of thiazole rings is 1. The Morgan fingerprint density at radius 2 is 1.88 bits per heavy atom. The molecule has 0 spiro atoms. The second kappa shape index (κ2) is 8.56. The minimum atomic E-state index is 0.534. The normalized spacial score (nSPS) is 11.6. The quantitative estimate of drug-likeness (QED) is 0.429. The van der Waals surface area contributed by atoms with Crippen molar-refractivity contribution in [3.05, 3.63) is 87.0 Å². The predicted molar refractivity (Wildman–Crippen MR) is 110 cm³/mol. The van der Waals surface area contributed by atoms with E-state index in [9.17, 15) is 0 Å². The highest BCUT2D eigenvalue weighted by Crippen LogP contribution is 2.22. The molecular formula is C20H15BrN4S. The smallest absolute Gasteiger partial charge is 0.206 e. The van der Waals surface area contributed by atoms with Crippen molar-refractivity contribution in [3.63, 3.8) is 0 Å². The Bertz CT molecular complexity index is 1040. The summed E-state index contributed by atoms with van der Waals surface area (Å²) in [6.07, 6.45) is 3.52.